The van der Waals surface area contributed by atoms with Gasteiger partial charge in [0.1, 0.15) is 11.1 Å². The molecule has 28 heavy (non-hydrogen) atoms. The number of nitrogens with zero attached hydrogens (tertiary/aromatic N) is 2. The van der Waals surface area contributed by atoms with Crippen LogP contribution in [-0.4, -0.2) is 31.7 Å². The first-order valence-corrected chi connectivity index (χ1v) is 10.1. The van der Waals surface area contributed by atoms with Gasteiger partial charge in [0.2, 0.25) is 0 Å². The Morgan fingerprint density at radius 2 is 1.93 bits per heavy atom. The van der Waals surface area contributed by atoms with E-state index in [0.29, 0.717) is 17.9 Å². The van der Waals surface area contributed by atoms with Crippen molar-refractivity contribution in [2.24, 2.45) is 0 Å². The van der Waals surface area contributed by atoms with E-state index in [0.717, 1.165) is 36.0 Å². The van der Waals surface area contributed by atoms with Gasteiger partial charge >= 0.3 is 11.9 Å². The van der Waals surface area contributed by atoms with Crippen LogP contribution in [0, 0.1) is 11.3 Å². The molecule has 2 rings (SSSR count). The molecule has 0 radical (unpaired) electrons. The molecule has 0 N–H and O–H groups in total. The number of nitriles is 1. The smallest absolute Gasteiger partial charge is 0.351 e. The molecule has 7 heteroatoms. The van der Waals surface area contributed by atoms with Crippen LogP contribution in [0.1, 0.15) is 32.6 Å². The molecule has 0 atom stereocenters. The highest BCUT2D eigenvalue weighted by Gasteiger charge is 2.30. The van der Waals surface area contributed by atoms with Crippen LogP contribution in [0.5, 0.6) is 0 Å². The zero-order valence-electron chi connectivity index (χ0n) is 16.0. The maximum absolute atomic E-state index is 12.5. The Kier molecular flexibility index (Phi) is 8.63. The monoisotopic (exact) mass is 400 g/mol. The van der Waals surface area contributed by atoms with Gasteiger partial charge in [-0.25, -0.2) is 9.59 Å². The first-order valence-electron chi connectivity index (χ1n) is 9.27. The molecule has 0 saturated carbocycles. The Balaban J connectivity index is 2.00. The van der Waals surface area contributed by atoms with E-state index in [4.69, 9.17) is 9.47 Å². The number of carbonyl (C=O) groups is 2. The van der Waals surface area contributed by atoms with Crippen molar-refractivity contribution >= 4 is 29.4 Å². The average molecular weight is 401 g/mol. The third kappa shape index (κ3) is 5.64. The van der Waals surface area contributed by atoms with Crippen molar-refractivity contribution in [2.75, 3.05) is 24.7 Å². The average Bonchev–Trinajstić information content (AvgIpc) is 3.07. The summed E-state index contributed by atoms with van der Waals surface area (Å²) in [4.78, 5) is 26.5. The molecule has 0 fully saturated rings. The van der Waals surface area contributed by atoms with Crippen LogP contribution in [0.15, 0.2) is 52.4 Å². The van der Waals surface area contributed by atoms with E-state index in [1.165, 1.54) is 11.8 Å². The SMILES string of the molecule is C=CC(=O)OCCCCOC(=O)/C(C#N)=C1\Sc2ccccc2N1CCCC. The maximum atomic E-state index is 12.5. The lowest BCUT2D eigenvalue weighted by Crippen LogP contribution is -2.22. The van der Waals surface area contributed by atoms with Crippen molar-refractivity contribution in [3.63, 3.8) is 0 Å². The fraction of sp³-hybridized carbons (Fsp3) is 0.381. The minimum absolute atomic E-state index is 0.0235. The van der Waals surface area contributed by atoms with Gasteiger partial charge in [0, 0.05) is 17.5 Å². The number of esters is 2. The van der Waals surface area contributed by atoms with Crippen LogP contribution < -0.4 is 4.90 Å². The lowest BCUT2D eigenvalue weighted by Gasteiger charge is -2.20. The predicted octanol–water partition coefficient (Wildman–Crippen LogP) is 4.19. The van der Waals surface area contributed by atoms with Crippen LogP contribution in [0.25, 0.3) is 0 Å². The fourth-order valence-corrected chi connectivity index (χ4v) is 3.78. The molecule has 0 unspecified atom stereocenters. The third-order valence-electron chi connectivity index (χ3n) is 4.06. The lowest BCUT2D eigenvalue weighted by atomic mass is 10.2. The number of unbranched alkanes of at least 4 members (excludes halogenated alkanes) is 2. The van der Waals surface area contributed by atoms with Gasteiger partial charge in [0.05, 0.1) is 18.9 Å². The maximum Gasteiger partial charge on any atom is 0.351 e. The lowest BCUT2D eigenvalue weighted by molar-refractivity contribution is -0.140. The standard InChI is InChI=1S/C21H24N2O4S/c1-3-5-12-23-17-10-6-7-11-18(17)28-20(23)16(15-22)21(25)27-14-9-8-13-26-19(24)4-2/h4,6-7,10-11H,2-3,5,8-9,12-14H2,1H3/b20-16-. The second-order valence-corrected chi connectivity index (χ2v) is 7.11. The normalized spacial score (nSPS) is 14.1. The summed E-state index contributed by atoms with van der Waals surface area (Å²) in [5, 5.41) is 10.2. The van der Waals surface area contributed by atoms with E-state index < -0.39 is 11.9 Å². The molecule has 1 aromatic rings. The third-order valence-corrected chi connectivity index (χ3v) is 5.24. The molecule has 0 amide bonds. The second kappa shape index (κ2) is 11.2. The molecule has 148 valence electrons. The Bertz CT molecular complexity index is 798. The van der Waals surface area contributed by atoms with E-state index in [1.54, 1.807) is 0 Å². The van der Waals surface area contributed by atoms with E-state index >= 15 is 0 Å². The van der Waals surface area contributed by atoms with Gasteiger partial charge in [-0.2, -0.15) is 5.26 Å². The Labute approximate surface area is 169 Å². The van der Waals surface area contributed by atoms with E-state index in [1.807, 2.05) is 35.2 Å². The van der Waals surface area contributed by atoms with Crippen molar-refractivity contribution in [1.29, 1.82) is 5.26 Å². The number of benzene rings is 1. The largest absolute Gasteiger partial charge is 0.463 e. The number of rotatable bonds is 10. The van der Waals surface area contributed by atoms with Crippen molar-refractivity contribution in [3.05, 3.63) is 47.5 Å². The molecule has 0 aliphatic carbocycles. The van der Waals surface area contributed by atoms with Gasteiger partial charge in [-0.05, 0) is 31.4 Å². The van der Waals surface area contributed by atoms with Crippen molar-refractivity contribution < 1.29 is 19.1 Å². The highest BCUT2D eigenvalue weighted by Crippen LogP contribution is 2.47. The molecule has 0 saturated heterocycles. The Morgan fingerprint density at radius 3 is 2.61 bits per heavy atom. The van der Waals surface area contributed by atoms with Gasteiger partial charge in [-0.3, -0.25) is 0 Å². The topological polar surface area (TPSA) is 79.6 Å². The summed E-state index contributed by atoms with van der Waals surface area (Å²) in [6.45, 7) is 6.56. The number of thioether (sulfide) groups is 1. The molecular formula is C21H24N2O4S. The minimum Gasteiger partial charge on any atom is -0.463 e. The van der Waals surface area contributed by atoms with Gasteiger partial charge in [-0.1, -0.05) is 43.8 Å². The summed E-state index contributed by atoms with van der Waals surface area (Å²) in [5.41, 5.74) is 1.04. The number of anilines is 1. The molecule has 0 aromatic heterocycles. The van der Waals surface area contributed by atoms with Crippen LogP contribution in [0.4, 0.5) is 5.69 Å². The summed E-state index contributed by atoms with van der Waals surface area (Å²) < 4.78 is 10.1. The zero-order chi connectivity index (χ0) is 20.4. The van der Waals surface area contributed by atoms with E-state index in [-0.39, 0.29) is 18.8 Å². The molecule has 1 heterocycles. The second-order valence-electron chi connectivity index (χ2n) is 6.08. The number of ether oxygens (including phenoxy) is 2. The van der Waals surface area contributed by atoms with E-state index in [9.17, 15) is 14.9 Å². The Hall–Kier alpha value is -2.72. The summed E-state index contributed by atoms with van der Waals surface area (Å²) >= 11 is 1.42. The molecule has 1 aliphatic heterocycles. The van der Waals surface area contributed by atoms with Crippen LogP contribution in [0.2, 0.25) is 0 Å². The first-order chi connectivity index (χ1) is 13.6. The van der Waals surface area contributed by atoms with Gasteiger partial charge in [0.25, 0.3) is 0 Å². The molecule has 1 aromatic carbocycles. The number of fused-ring (bicyclic) bond motifs is 1. The predicted molar refractivity (Wildman–Crippen MR) is 109 cm³/mol. The quantitative estimate of drug-likeness (QED) is 0.252. The highest BCUT2D eigenvalue weighted by atomic mass is 32.2. The summed E-state index contributed by atoms with van der Waals surface area (Å²) in [6, 6.07) is 9.89. The van der Waals surface area contributed by atoms with Gasteiger partial charge < -0.3 is 14.4 Å². The number of hydrogen-bond acceptors (Lipinski definition) is 7. The van der Waals surface area contributed by atoms with Crippen LogP contribution in [-0.2, 0) is 19.1 Å². The van der Waals surface area contributed by atoms with Crippen molar-refractivity contribution in [2.45, 2.75) is 37.5 Å². The highest BCUT2D eigenvalue weighted by molar-refractivity contribution is 8.03. The van der Waals surface area contributed by atoms with Crippen LogP contribution >= 0.6 is 11.8 Å². The summed E-state index contributed by atoms with van der Waals surface area (Å²) in [7, 11) is 0. The molecule has 0 bridgehead atoms. The molecular weight excluding hydrogens is 376 g/mol. The summed E-state index contributed by atoms with van der Waals surface area (Å²) in [6.07, 6.45) is 4.17. The van der Waals surface area contributed by atoms with Gasteiger partial charge in [-0.15, -0.1) is 0 Å². The number of hydrogen-bond donors (Lipinski definition) is 0. The first kappa shape index (κ1) is 21.6. The Morgan fingerprint density at radius 1 is 1.21 bits per heavy atom. The van der Waals surface area contributed by atoms with Crippen molar-refractivity contribution in [1.82, 2.24) is 0 Å². The van der Waals surface area contributed by atoms with E-state index in [2.05, 4.69) is 13.5 Å². The minimum atomic E-state index is -0.623. The summed E-state index contributed by atoms with van der Waals surface area (Å²) in [5.74, 6) is -1.10. The van der Waals surface area contributed by atoms with Gasteiger partial charge in [0.15, 0.2) is 5.57 Å². The number of carbonyl (C=O) groups excluding carboxylic acids is 2. The zero-order valence-corrected chi connectivity index (χ0v) is 16.8. The molecule has 1 aliphatic rings. The molecule has 0 spiro atoms. The fourth-order valence-electron chi connectivity index (χ4n) is 2.61. The number of para-hydroxylation sites is 1. The van der Waals surface area contributed by atoms with Crippen LogP contribution in [0.3, 0.4) is 0 Å². The molecule has 6 nitrogen and oxygen atoms in total. The van der Waals surface area contributed by atoms with Crippen molar-refractivity contribution in [3.8, 4) is 6.07 Å².